The quantitative estimate of drug-likeness (QED) is 0.858. The zero-order chi connectivity index (χ0) is 17.7. The van der Waals surface area contributed by atoms with Crippen molar-refractivity contribution in [3.63, 3.8) is 0 Å². The number of para-hydroxylation sites is 1. The molecule has 25 heavy (non-hydrogen) atoms. The van der Waals surface area contributed by atoms with Crippen molar-refractivity contribution in [1.82, 2.24) is 4.98 Å². The Balaban J connectivity index is 1.59. The molecule has 1 saturated heterocycles. The third-order valence-electron chi connectivity index (χ3n) is 4.22. The van der Waals surface area contributed by atoms with Gasteiger partial charge in [-0.05, 0) is 30.7 Å². The van der Waals surface area contributed by atoms with E-state index < -0.39 is 10.0 Å². The second-order valence-electron chi connectivity index (χ2n) is 6.14. The van der Waals surface area contributed by atoms with Crippen LogP contribution in [-0.2, 0) is 10.0 Å². The van der Waals surface area contributed by atoms with Crippen LogP contribution in [-0.4, -0.2) is 45.3 Å². The van der Waals surface area contributed by atoms with Crippen LogP contribution >= 0.6 is 0 Å². The van der Waals surface area contributed by atoms with Gasteiger partial charge in [0.2, 0.25) is 10.0 Å². The molecule has 6 nitrogen and oxygen atoms in total. The number of hydrogen-bond acceptors (Lipinski definition) is 5. The molecular formula is C18H24N4O2S. The van der Waals surface area contributed by atoms with Crippen LogP contribution in [0.2, 0.25) is 0 Å². The molecule has 0 aliphatic carbocycles. The van der Waals surface area contributed by atoms with E-state index in [1.54, 1.807) is 12.3 Å². The molecule has 1 aromatic heterocycles. The Bertz CT molecular complexity index is 770. The molecule has 0 amide bonds. The van der Waals surface area contributed by atoms with E-state index in [9.17, 15) is 8.42 Å². The van der Waals surface area contributed by atoms with Crippen LogP contribution in [0.25, 0.3) is 0 Å². The molecule has 1 aromatic carbocycles. The minimum Gasteiger partial charge on any atom is -0.368 e. The van der Waals surface area contributed by atoms with Gasteiger partial charge in [-0.15, -0.1) is 0 Å². The first-order chi connectivity index (χ1) is 12.1. The molecule has 0 spiro atoms. The highest BCUT2D eigenvalue weighted by Crippen LogP contribution is 2.20. The molecule has 0 bridgehead atoms. The van der Waals surface area contributed by atoms with Crippen molar-refractivity contribution in [1.29, 1.82) is 0 Å². The number of anilines is 3. The zero-order valence-corrected chi connectivity index (χ0v) is 15.2. The first kappa shape index (κ1) is 17.5. The van der Waals surface area contributed by atoms with Gasteiger partial charge in [0.05, 0.1) is 17.6 Å². The van der Waals surface area contributed by atoms with Crippen LogP contribution in [0.1, 0.15) is 13.3 Å². The summed E-state index contributed by atoms with van der Waals surface area (Å²) in [5, 5.41) is 0. The van der Waals surface area contributed by atoms with Gasteiger partial charge in [-0.1, -0.05) is 25.1 Å². The van der Waals surface area contributed by atoms with Crippen LogP contribution < -0.4 is 14.5 Å². The Morgan fingerprint density at radius 1 is 1.00 bits per heavy atom. The predicted molar refractivity (Wildman–Crippen MR) is 103 cm³/mol. The fourth-order valence-electron chi connectivity index (χ4n) is 2.97. The summed E-state index contributed by atoms with van der Waals surface area (Å²) in [7, 11) is -3.27. The minimum atomic E-state index is -3.27. The Hall–Kier alpha value is -2.28. The minimum absolute atomic E-state index is 0.121. The van der Waals surface area contributed by atoms with Gasteiger partial charge in [0, 0.05) is 31.9 Å². The van der Waals surface area contributed by atoms with Crippen molar-refractivity contribution in [2.24, 2.45) is 0 Å². The van der Waals surface area contributed by atoms with Gasteiger partial charge in [0.25, 0.3) is 0 Å². The molecule has 1 aliphatic rings. The predicted octanol–water partition coefficient (Wildman–Crippen LogP) is 2.56. The van der Waals surface area contributed by atoms with Crippen LogP contribution in [0.15, 0.2) is 48.7 Å². The average molecular weight is 360 g/mol. The average Bonchev–Trinajstić information content (AvgIpc) is 2.63. The highest BCUT2D eigenvalue weighted by atomic mass is 32.2. The van der Waals surface area contributed by atoms with Gasteiger partial charge in [-0.2, -0.15) is 0 Å². The molecule has 0 unspecified atom stereocenters. The smallest absolute Gasteiger partial charge is 0.232 e. The van der Waals surface area contributed by atoms with E-state index in [1.165, 1.54) is 5.69 Å². The van der Waals surface area contributed by atoms with E-state index in [-0.39, 0.29) is 5.75 Å². The lowest BCUT2D eigenvalue weighted by Crippen LogP contribution is -2.46. The fourth-order valence-corrected chi connectivity index (χ4v) is 4.08. The third kappa shape index (κ3) is 4.63. The summed E-state index contributed by atoms with van der Waals surface area (Å²) in [5.41, 5.74) is 1.76. The molecule has 3 rings (SSSR count). The van der Waals surface area contributed by atoms with Crippen molar-refractivity contribution < 1.29 is 8.42 Å². The van der Waals surface area contributed by atoms with Crippen molar-refractivity contribution in [3.8, 4) is 0 Å². The molecular weight excluding hydrogens is 336 g/mol. The number of benzene rings is 1. The van der Waals surface area contributed by atoms with Crippen molar-refractivity contribution in [2.45, 2.75) is 13.3 Å². The van der Waals surface area contributed by atoms with Gasteiger partial charge in [-0.25, -0.2) is 13.4 Å². The lowest BCUT2D eigenvalue weighted by molar-refractivity contribution is 0.600. The first-order valence-electron chi connectivity index (χ1n) is 8.59. The summed E-state index contributed by atoms with van der Waals surface area (Å²) >= 11 is 0. The molecule has 1 aliphatic heterocycles. The van der Waals surface area contributed by atoms with E-state index in [4.69, 9.17) is 0 Å². The van der Waals surface area contributed by atoms with E-state index in [0.29, 0.717) is 12.1 Å². The van der Waals surface area contributed by atoms with Gasteiger partial charge in [-0.3, -0.25) is 4.72 Å². The summed E-state index contributed by atoms with van der Waals surface area (Å²) < 4.78 is 26.2. The molecule has 0 radical (unpaired) electrons. The number of piperazine rings is 1. The van der Waals surface area contributed by atoms with Gasteiger partial charge < -0.3 is 9.80 Å². The largest absolute Gasteiger partial charge is 0.368 e. The zero-order valence-electron chi connectivity index (χ0n) is 14.4. The Morgan fingerprint density at radius 2 is 1.68 bits per heavy atom. The maximum Gasteiger partial charge on any atom is 0.232 e. The number of nitrogens with zero attached hydrogens (tertiary/aromatic N) is 3. The van der Waals surface area contributed by atoms with Gasteiger partial charge in [0.15, 0.2) is 0 Å². The van der Waals surface area contributed by atoms with Crippen molar-refractivity contribution >= 4 is 27.2 Å². The summed E-state index contributed by atoms with van der Waals surface area (Å²) in [6, 6.07) is 14.1. The lowest BCUT2D eigenvalue weighted by atomic mass is 10.2. The number of sulfonamides is 1. The maximum absolute atomic E-state index is 11.8. The summed E-state index contributed by atoms with van der Waals surface area (Å²) in [6.45, 7) is 5.51. The number of hydrogen-bond donors (Lipinski definition) is 1. The molecule has 134 valence electrons. The number of pyridine rings is 1. The van der Waals surface area contributed by atoms with Crippen LogP contribution in [0.4, 0.5) is 17.2 Å². The van der Waals surface area contributed by atoms with Gasteiger partial charge in [0.1, 0.15) is 5.82 Å². The van der Waals surface area contributed by atoms with Gasteiger partial charge >= 0.3 is 0 Å². The molecule has 0 atom stereocenters. The topological polar surface area (TPSA) is 65.5 Å². The highest BCUT2D eigenvalue weighted by molar-refractivity contribution is 7.92. The van der Waals surface area contributed by atoms with Crippen LogP contribution in [0.5, 0.6) is 0 Å². The fraction of sp³-hybridized carbons (Fsp3) is 0.389. The van der Waals surface area contributed by atoms with Crippen LogP contribution in [0, 0.1) is 0 Å². The second kappa shape index (κ2) is 7.74. The molecule has 1 fully saturated rings. The number of rotatable bonds is 6. The number of nitrogens with one attached hydrogen (secondary N) is 1. The van der Waals surface area contributed by atoms with Crippen LogP contribution in [0.3, 0.4) is 0 Å². The number of aromatic nitrogens is 1. The Morgan fingerprint density at radius 3 is 2.28 bits per heavy atom. The second-order valence-corrected chi connectivity index (χ2v) is 7.98. The molecule has 0 saturated carbocycles. The van der Waals surface area contributed by atoms with E-state index in [2.05, 4.69) is 43.8 Å². The van der Waals surface area contributed by atoms with E-state index in [0.717, 1.165) is 32.0 Å². The van der Waals surface area contributed by atoms with Crippen molar-refractivity contribution in [2.75, 3.05) is 46.5 Å². The molecule has 1 N–H and O–H groups in total. The van der Waals surface area contributed by atoms with E-state index >= 15 is 0 Å². The lowest BCUT2D eigenvalue weighted by Gasteiger charge is -2.36. The standard InChI is InChI=1S/C18H24N4O2S/c1-2-14-25(23,24)20-16-8-9-18(19-15-16)22-12-10-21(11-13-22)17-6-4-3-5-7-17/h3-9,15,20H,2,10-14H2,1H3. The summed E-state index contributed by atoms with van der Waals surface area (Å²) in [5.74, 6) is 1.00. The molecule has 2 heterocycles. The maximum atomic E-state index is 11.8. The normalized spacial score (nSPS) is 15.2. The third-order valence-corrected chi connectivity index (χ3v) is 5.71. The summed E-state index contributed by atoms with van der Waals surface area (Å²) in [6.07, 6.45) is 2.18. The SMILES string of the molecule is CCCS(=O)(=O)Nc1ccc(N2CCN(c3ccccc3)CC2)nc1. The Kier molecular flexibility index (Phi) is 5.43. The molecule has 7 heteroatoms. The van der Waals surface area contributed by atoms with Crippen molar-refractivity contribution in [3.05, 3.63) is 48.7 Å². The van der Waals surface area contributed by atoms with E-state index in [1.807, 2.05) is 19.1 Å². The highest BCUT2D eigenvalue weighted by Gasteiger charge is 2.18. The first-order valence-corrected chi connectivity index (χ1v) is 10.2. The molecule has 2 aromatic rings. The Labute approximate surface area is 149 Å². The monoisotopic (exact) mass is 360 g/mol. The summed E-state index contributed by atoms with van der Waals surface area (Å²) in [4.78, 5) is 9.02.